The van der Waals surface area contributed by atoms with Gasteiger partial charge < -0.3 is 14.4 Å². The fourth-order valence-electron chi connectivity index (χ4n) is 3.03. The topological polar surface area (TPSA) is 47.5 Å². The van der Waals surface area contributed by atoms with E-state index in [0.29, 0.717) is 6.10 Å². The summed E-state index contributed by atoms with van der Waals surface area (Å²) in [6, 6.07) is 9.96. The maximum Gasteiger partial charge on any atom is 0.154 e. The van der Waals surface area contributed by atoms with Crippen molar-refractivity contribution in [2.24, 2.45) is 0 Å². The van der Waals surface area contributed by atoms with Crippen LogP contribution >= 0.6 is 0 Å². The van der Waals surface area contributed by atoms with Crippen molar-refractivity contribution in [1.29, 1.82) is 0 Å². The van der Waals surface area contributed by atoms with Crippen LogP contribution in [0.25, 0.3) is 12.2 Å². The SMILES string of the molecule is CCO[C@H]1CCN(c2cc(C)nc(/C=C/c3cccc(OC)c3)n2)C1. The van der Waals surface area contributed by atoms with Crippen molar-refractivity contribution < 1.29 is 9.47 Å². The fraction of sp³-hybridized carbons (Fsp3) is 0.400. The molecule has 1 aromatic carbocycles. The van der Waals surface area contributed by atoms with E-state index in [-0.39, 0.29) is 0 Å². The molecule has 1 aliphatic rings. The van der Waals surface area contributed by atoms with E-state index in [1.54, 1.807) is 7.11 Å². The molecule has 0 N–H and O–H groups in total. The lowest BCUT2D eigenvalue weighted by molar-refractivity contribution is 0.0787. The minimum atomic E-state index is 0.302. The summed E-state index contributed by atoms with van der Waals surface area (Å²) < 4.78 is 11.0. The van der Waals surface area contributed by atoms with Gasteiger partial charge in [0.25, 0.3) is 0 Å². The highest BCUT2D eigenvalue weighted by Gasteiger charge is 2.24. The van der Waals surface area contributed by atoms with Gasteiger partial charge in [-0.15, -0.1) is 0 Å². The van der Waals surface area contributed by atoms with Crippen molar-refractivity contribution in [3.05, 3.63) is 47.4 Å². The van der Waals surface area contributed by atoms with E-state index in [1.165, 1.54) is 0 Å². The number of aryl methyl sites for hydroxylation is 1. The largest absolute Gasteiger partial charge is 0.497 e. The molecular formula is C20H25N3O2. The maximum atomic E-state index is 5.73. The van der Waals surface area contributed by atoms with E-state index < -0.39 is 0 Å². The summed E-state index contributed by atoms with van der Waals surface area (Å²) in [5.41, 5.74) is 2.03. The third-order valence-corrected chi connectivity index (χ3v) is 4.25. The van der Waals surface area contributed by atoms with Gasteiger partial charge in [-0.1, -0.05) is 18.2 Å². The number of hydrogen-bond donors (Lipinski definition) is 0. The first kappa shape index (κ1) is 17.4. The Balaban J connectivity index is 1.76. The first-order valence-corrected chi connectivity index (χ1v) is 8.72. The van der Waals surface area contributed by atoms with E-state index in [4.69, 9.17) is 14.5 Å². The number of ether oxygens (including phenoxy) is 2. The van der Waals surface area contributed by atoms with Crippen molar-refractivity contribution in [3.63, 3.8) is 0 Å². The molecule has 25 heavy (non-hydrogen) atoms. The van der Waals surface area contributed by atoms with Crippen LogP contribution in [0, 0.1) is 6.92 Å². The Bertz CT molecular complexity index is 745. The molecule has 0 unspecified atom stereocenters. The summed E-state index contributed by atoms with van der Waals surface area (Å²) in [6.07, 6.45) is 5.30. The number of aromatic nitrogens is 2. The zero-order valence-corrected chi connectivity index (χ0v) is 15.1. The Kier molecular flexibility index (Phi) is 5.66. The molecule has 0 aliphatic carbocycles. The van der Waals surface area contributed by atoms with Gasteiger partial charge in [0.2, 0.25) is 0 Å². The van der Waals surface area contributed by atoms with Crippen LogP contribution < -0.4 is 9.64 Å². The van der Waals surface area contributed by atoms with Gasteiger partial charge in [-0.25, -0.2) is 9.97 Å². The second-order valence-corrected chi connectivity index (χ2v) is 6.15. The number of methoxy groups -OCH3 is 1. The molecule has 1 aromatic heterocycles. The first-order chi connectivity index (χ1) is 12.2. The Morgan fingerprint density at radius 1 is 1.24 bits per heavy atom. The molecule has 1 fully saturated rings. The molecule has 132 valence electrons. The molecule has 0 spiro atoms. The lowest BCUT2D eigenvalue weighted by Gasteiger charge is -2.18. The Morgan fingerprint density at radius 2 is 2.12 bits per heavy atom. The zero-order valence-electron chi connectivity index (χ0n) is 15.1. The summed E-state index contributed by atoms with van der Waals surface area (Å²) in [4.78, 5) is 11.5. The number of benzene rings is 1. The molecule has 1 atom stereocenters. The Morgan fingerprint density at radius 3 is 2.92 bits per heavy atom. The second kappa shape index (κ2) is 8.12. The van der Waals surface area contributed by atoms with Gasteiger partial charge in [-0.05, 0) is 44.0 Å². The summed E-state index contributed by atoms with van der Waals surface area (Å²) in [7, 11) is 1.67. The smallest absolute Gasteiger partial charge is 0.154 e. The molecule has 5 nitrogen and oxygen atoms in total. The lowest BCUT2D eigenvalue weighted by atomic mass is 10.2. The van der Waals surface area contributed by atoms with Crippen LogP contribution in [0.1, 0.15) is 30.4 Å². The minimum Gasteiger partial charge on any atom is -0.497 e. The molecule has 2 heterocycles. The molecule has 1 aliphatic heterocycles. The van der Waals surface area contributed by atoms with Gasteiger partial charge in [0.15, 0.2) is 5.82 Å². The Labute approximate surface area is 149 Å². The van der Waals surface area contributed by atoms with Crippen LogP contribution in [0.2, 0.25) is 0 Å². The summed E-state index contributed by atoms with van der Waals surface area (Å²) in [6.45, 7) is 6.67. The van der Waals surface area contributed by atoms with Gasteiger partial charge in [0, 0.05) is 31.5 Å². The summed E-state index contributed by atoms with van der Waals surface area (Å²) >= 11 is 0. The normalized spacial score (nSPS) is 17.4. The molecule has 0 bridgehead atoms. The molecule has 0 amide bonds. The highest BCUT2D eigenvalue weighted by molar-refractivity contribution is 5.68. The highest BCUT2D eigenvalue weighted by Crippen LogP contribution is 2.21. The van der Waals surface area contributed by atoms with Crippen molar-refractivity contribution in [3.8, 4) is 5.75 Å². The van der Waals surface area contributed by atoms with Crippen LogP contribution in [0.4, 0.5) is 5.82 Å². The van der Waals surface area contributed by atoms with Crippen molar-refractivity contribution in [2.75, 3.05) is 31.7 Å². The standard InChI is InChI=1S/C20H25N3O2/c1-4-25-18-10-11-23(14-18)20-12-15(2)21-19(22-20)9-8-16-6-5-7-17(13-16)24-3/h5-9,12-13,18H,4,10-11,14H2,1-3H3/b9-8+/t18-/m0/s1. The monoisotopic (exact) mass is 339 g/mol. The molecule has 0 saturated carbocycles. The van der Waals surface area contributed by atoms with Gasteiger partial charge in [-0.3, -0.25) is 0 Å². The van der Waals surface area contributed by atoms with Crippen molar-refractivity contribution in [2.45, 2.75) is 26.4 Å². The lowest BCUT2D eigenvalue weighted by Crippen LogP contribution is -2.24. The number of hydrogen-bond acceptors (Lipinski definition) is 5. The maximum absolute atomic E-state index is 5.73. The molecule has 1 saturated heterocycles. The summed E-state index contributed by atoms with van der Waals surface area (Å²) in [5, 5.41) is 0. The average Bonchev–Trinajstić information content (AvgIpc) is 3.09. The summed E-state index contributed by atoms with van der Waals surface area (Å²) in [5.74, 6) is 2.53. The van der Waals surface area contributed by atoms with E-state index in [2.05, 4.69) is 9.88 Å². The van der Waals surface area contributed by atoms with Gasteiger partial charge in [-0.2, -0.15) is 0 Å². The first-order valence-electron chi connectivity index (χ1n) is 8.72. The van der Waals surface area contributed by atoms with Gasteiger partial charge in [0.1, 0.15) is 11.6 Å². The minimum absolute atomic E-state index is 0.302. The average molecular weight is 339 g/mol. The second-order valence-electron chi connectivity index (χ2n) is 6.15. The van der Waals surface area contributed by atoms with Gasteiger partial charge in [0.05, 0.1) is 13.2 Å². The Hall–Kier alpha value is -2.40. The van der Waals surface area contributed by atoms with Crippen LogP contribution in [0.15, 0.2) is 30.3 Å². The number of anilines is 1. The van der Waals surface area contributed by atoms with Crippen LogP contribution in [0.5, 0.6) is 5.75 Å². The van der Waals surface area contributed by atoms with Crippen LogP contribution in [-0.4, -0.2) is 42.9 Å². The van der Waals surface area contributed by atoms with E-state index >= 15 is 0 Å². The van der Waals surface area contributed by atoms with Crippen LogP contribution in [0.3, 0.4) is 0 Å². The number of rotatable bonds is 6. The zero-order chi connectivity index (χ0) is 17.6. The predicted molar refractivity (Wildman–Crippen MR) is 101 cm³/mol. The highest BCUT2D eigenvalue weighted by atomic mass is 16.5. The van der Waals surface area contributed by atoms with Gasteiger partial charge >= 0.3 is 0 Å². The number of nitrogens with zero attached hydrogens (tertiary/aromatic N) is 3. The van der Waals surface area contributed by atoms with Crippen LogP contribution in [-0.2, 0) is 4.74 Å². The molecule has 5 heteroatoms. The van der Waals surface area contributed by atoms with E-state index in [9.17, 15) is 0 Å². The molecular weight excluding hydrogens is 314 g/mol. The third-order valence-electron chi connectivity index (χ3n) is 4.25. The van der Waals surface area contributed by atoms with Crippen molar-refractivity contribution >= 4 is 18.0 Å². The van der Waals surface area contributed by atoms with E-state index in [1.807, 2.05) is 56.3 Å². The third kappa shape index (κ3) is 4.57. The molecule has 0 radical (unpaired) electrons. The molecule has 2 aromatic rings. The predicted octanol–water partition coefficient (Wildman–Crippen LogP) is 3.58. The van der Waals surface area contributed by atoms with Crippen molar-refractivity contribution in [1.82, 2.24) is 9.97 Å². The fourth-order valence-corrected chi connectivity index (χ4v) is 3.03. The van der Waals surface area contributed by atoms with E-state index in [0.717, 1.165) is 54.8 Å². The molecule has 3 rings (SSSR count). The quantitative estimate of drug-likeness (QED) is 0.805.